The van der Waals surface area contributed by atoms with E-state index in [1.54, 1.807) is 11.3 Å². The summed E-state index contributed by atoms with van der Waals surface area (Å²) in [5.74, 6) is -0.684. The molecule has 0 saturated carbocycles. The number of rotatable bonds is 6. The van der Waals surface area contributed by atoms with E-state index < -0.39 is 5.97 Å². The van der Waals surface area contributed by atoms with Crippen LogP contribution in [0.4, 0.5) is 0 Å². The molecule has 0 saturated heterocycles. The Morgan fingerprint density at radius 2 is 2.00 bits per heavy atom. The number of carbonyl (C=O) groups excluding carboxylic acids is 2. The molecule has 1 amide bonds. The second-order valence-corrected chi connectivity index (χ2v) is 6.14. The van der Waals surface area contributed by atoms with Crippen LogP contribution in [-0.2, 0) is 27.3 Å². The average Bonchev–Trinajstić information content (AvgIpc) is 3.00. The van der Waals surface area contributed by atoms with E-state index in [0.717, 1.165) is 16.0 Å². The van der Waals surface area contributed by atoms with E-state index in [-0.39, 0.29) is 18.9 Å². The summed E-state index contributed by atoms with van der Waals surface area (Å²) in [7, 11) is 0. The van der Waals surface area contributed by atoms with Crippen molar-refractivity contribution in [1.82, 2.24) is 5.32 Å². The van der Waals surface area contributed by atoms with Gasteiger partial charge in [-0.3, -0.25) is 9.59 Å². The van der Waals surface area contributed by atoms with Gasteiger partial charge in [0.05, 0.1) is 13.0 Å². The molecule has 1 N–H and O–H groups in total. The highest BCUT2D eigenvalue weighted by molar-refractivity contribution is 7.09. The predicted octanol–water partition coefficient (Wildman–Crippen LogP) is 2.77. The van der Waals surface area contributed by atoms with Gasteiger partial charge in [0.25, 0.3) is 5.91 Å². The third-order valence-electron chi connectivity index (χ3n) is 3.32. The quantitative estimate of drug-likeness (QED) is 0.834. The minimum atomic E-state index is -0.394. The van der Waals surface area contributed by atoms with E-state index in [4.69, 9.17) is 4.74 Å². The van der Waals surface area contributed by atoms with Crippen LogP contribution in [0.5, 0.6) is 0 Å². The Bertz CT molecular complexity index is 650. The highest BCUT2D eigenvalue weighted by Crippen LogP contribution is 2.11. The lowest BCUT2D eigenvalue weighted by Gasteiger charge is -2.07. The van der Waals surface area contributed by atoms with Crippen LogP contribution >= 0.6 is 11.3 Å². The average molecular weight is 317 g/mol. The maximum atomic E-state index is 11.7. The second-order valence-electron chi connectivity index (χ2n) is 5.11. The first kappa shape index (κ1) is 16.2. The van der Waals surface area contributed by atoms with Crippen LogP contribution in [0.1, 0.15) is 21.6 Å². The largest absolute Gasteiger partial charge is 0.455 e. The molecule has 0 fully saturated rings. The summed E-state index contributed by atoms with van der Waals surface area (Å²) in [6.45, 7) is 4.25. The Labute approximate surface area is 134 Å². The number of aryl methyl sites for hydroxylation is 2. The van der Waals surface area contributed by atoms with Crippen LogP contribution in [-0.4, -0.2) is 18.5 Å². The molecule has 0 spiro atoms. The lowest BCUT2D eigenvalue weighted by Crippen LogP contribution is -2.28. The minimum Gasteiger partial charge on any atom is -0.455 e. The Kier molecular flexibility index (Phi) is 5.72. The lowest BCUT2D eigenvalue weighted by atomic mass is 10.0. The highest BCUT2D eigenvalue weighted by atomic mass is 32.1. The Morgan fingerprint density at radius 1 is 1.18 bits per heavy atom. The van der Waals surface area contributed by atoms with Crippen molar-refractivity contribution in [2.24, 2.45) is 0 Å². The maximum absolute atomic E-state index is 11.7. The molecule has 0 aliphatic heterocycles. The lowest BCUT2D eigenvalue weighted by molar-refractivity contribution is -0.147. The number of carbonyl (C=O) groups is 2. The maximum Gasteiger partial charge on any atom is 0.310 e. The van der Waals surface area contributed by atoms with Gasteiger partial charge in [-0.15, -0.1) is 11.3 Å². The van der Waals surface area contributed by atoms with Gasteiger partial charge in [0.15, 0.2) is 6.61 Å². The number of nitrogens with one attached hydrogen (secondary N) is 1. The number of benzene rings is 1. The van der Waals surface area contributed by atoms with Gasteiger partial charge in [-0.25, -0.2) is 0 Å². The molecule has 1 aromatic heterocycles. The smallest absolute Gasteiger partial charge is 0.310 e. The van der Waals surface area contributed by atoms with Crippen LogP contribution in [0.2, 0.25) is 0 Å². The Morgan fingerprint density at radius 3 is 2.68 bits per heavy atom. The van der Waals surface area contributed by atoms with Gasteiger partial charge >= 0.3 is 5.97 Å². The third-order valence-corrected chi connectivity index (χ3v) is 4.20. The van der Waals surface area contributed by atoms with E-state index in [1.807, 2.05) is 49.6 Å². The van der Waals surface area contributed by atoms with Crippen LogP contribution in [0.15, 0.2) is 35.7 Å². The van der Waals surface area contributed by atoms with Crippen LogP contribution in [0.25, 0.3) is 0 Å². The molecule has 1 heterocycles. The molecule has 0 atom stereocenters. The summed E-state index contributed by atoms with van der Waals surface area (Å²) in [5.41, 5.74) is 3.22. The SMILES string of the molecule is Cc1ccc(CC(=O)OCC(=O)NCc2cccs2)cc1C. The fourth-order valence-electron chi connectivity index (χ4n) is 1.93. The number of thiophene rings is 1. The molecule has 22 heavy (non-hydrogen) atoms. The van der Waals surface area contributed by atoms with Gasteiger partial charge in [-0.05, 0) is 42.0 Å². The van der Waals surface area contributed by atoms with Crippen molar-refractivity contribution >= 4 is 23.2 Å². The van der Waals surface area contributed by atoms with E-state index >= 15 is 0 Å². The van der Waals surface area contributed by atoms with Crippen molar-refractivity contribution in [3.63, 3.8) is 0 Å². The van der Waals surface area contributed by atoms with Gasteiger partial charge < -0.3 is 10.1 Å². The minimum absolute atomic E-state index is 0.180. The predicted molar refractivity (Wildman–Crippen MR) is 86.7 cm³/mol. The molecule has 1 aromatic carbocycles. The zero-order valence-corrected chi connectivity index (χ0v) is 13.5. The topological polar surface area (TPSA) is 55.4 Å². The van der Waals surface area contributed by atoms with Crippen molar-refractivity contribution < 1.29 is 14.3 Å². The van der Waals surface area contributed by atoms with E-state index in [0.29, 0.717) is 6.54 Å². The number of amides is 1. The molecule has 5 heteroatoms. The summed E-state index contributed by atoms with van der Waals surface area (Å²) in [5, 5.41) is 4.66. The van der Waals surface area contributed by atoms with Crippen molar-refractivity contribution in [3.05, 3.63) is 57.3 Å². The molecular weight excluding hydrogens is 298 g/mol. The molecule has 0 unspecified atom stereocenters. The van der Waals surface area contributed by atoms with E-state index in [1.165, 1.54) is 5.56 Å². The van der Waals surface area contributed by atoms with E-state index in [9.17, 15) is 9.59 Å². The molecule has 0 aliphatic carbocycles. The molecule has 0 radical (unpaired) electrons. The highest BCUT2D eigenvalue weighted by Gasteiger charge is 2.09. The fourth-order valence-corrected chi connectivity index (χ4v) is 2.57. The summed E-state index contributed by atoms with van der Waals surface area (Å²) >= 11 is 1.57. The van der Waals surface area contributed by atoms with E-state index in [2.05, 4.69) is 5.32 Å². The first-order valence-corrected chi connectivity index (χ1v) is 7.93. The van der Waals surface area contributed by atoms with Crippen molar-refractivity contribution in [3.8, 4) is 0 Å². The first-order valence-electron chi connectivity index (χ1n) is 7.05. The summed E-state index contributed by atoms with van der Waals surface area (Å²) in [6, 6.07) is 9.71. The van der Waals surface area contributed by atoms with Crippen molar-refractivity contribution in [2.45, 2.75) is 26.8 Å². The van der Waals surface area contributed by atoms with Gasteiger partial charge in [0.2, 0.25) is 0 Å². The van der Waals surface area contributed by atoms with Crippen molar-refractivity contribution in [1.29, 1.82) is 0 Å². The van der Waals surface area contributed by atoms with Gasteiger partial charge in [-0.2, -0.15) is 0 Å². The number of hydrogen-bond acceptors (Lipinski definition) is 4. The first-order chi connectivity index (χ1) is 10.5. The Hall–Kier alpha value is -2.14. The summed E-state index contributed by atoms with van der Waals surface area (Å²) in [6.07, 6.45) is 0.180. The molecule has 2 aromatic rings. The van der Waals surface area contributed by atoms with Crippen LogP contribution < -0.4 is 5.32 Å². The summed E-state index contributed by atoms with van der Waals surface area (Å²) in [4.78, 5) is 24.4. The van der Waals surface area contributed by atoms with Gasteiger partial charge in [0.1, 0.15) is 0 Å². The molecule has 2 rings (SSSR count). The standard InChI is InChI=1S/C17H19NO3S/c1-12-5-6-14(8-13(12)2)9-17(20)21-11-16(19)18-10-15-4-3-7-22-15/h3-8H,9-11H2,1-2H3,(H,18,19). The van der Waals surface area contributed by atoms with Crippen LogP contribution in [0, 0.1) is 13.8 Å². The van der Waals surface area contributed by atoms with Gasteiger partial charge in [0, 0.05) is 4.88 Å². The van der Waals surface area contributed by atoms with Gasteiger partial charge in [-0.1, -0.05) is 24.3 Å². The third kappa shape index (κ3) is 5.00. The number of hydrogen-bond donors (Lipinski definition) is 1. The summed E-state index contributed by atoms with van der Waals surface area (Å²) < 4.78 is 5.00. The normalized spacial score (nSPS) is 10.3. The number of esters is 1. The monoisotopic (exact) mass is 317 g/mol. The molecule has 0 bridgehead atoms. The number of ether oxygens (including phenoxy) is 1. The molecule has 0 aliphatic rings. The molecular formula is C17H19NO3S. The van der Waals surface area contributed by atoms with Crippen LogP contribution in [0.3, 0.4) is 0 Å². The Balaban J connectivity index is 1.72. The zero-order valence-electron chi connectivity index (χ0n) is 12.7. The second kappa shape index (κ2) is 7.75. The zero-order chi connectivity index (χ0) is 15.9. The fraction of sp³-hybridized carbons (Fsp3) is 0.294. The molecule has 4 nitrogen and oxygen atoms in total. The molecule has 116 valence electrons. The van der Waals surface area contributed by atoms with Crippen molar-refractivity contribution in [2.75, 3.05) is 6.61 Å².